The van der Waals surface area contributed by atoms with Crippen LogP contribution in [0.3, 0.4) is 0 Å². The molecule has 0 spiro atoms. The summed E-state index contributed by atoms with van der Waals surface area (Å²) in [4.78, 5) is 16.8. The molecule has 0 saturated heterocycles. The van der Waals surface area contributed by atoms with Crippen LogP contribution in [0.5, 0.6) is 0 Å². The molecule has 4 nitrogen and oxygen atoms in total. The number of carbonyl (C=O) groups excluding carboxylic acids is 1. The van der Waals surface area contributed by atoms with Gasteiger partial charge in [0.25, 0.3) is 0 Å². The average molecular weight is 375 g/mol. The van der Waals surface area contributed by atoms with Gasteiger partial charge in [0.05, 0.1) is 33.5 Å². The summed E-state index contributed by atoms with van der Waals surface area (Å²) in [7, 11) is 1.74. The molecule has 0 radical (unpaired) electrons. The fourth-order valence-electron chi connectivity index (χ4n) is 2.55. The molecule has 0 bridgehead atoms. The number of hydrogen-bond donors (Lipinski definition) is 0. The molecule has 1 aromatic heterocycles. The largest absolute Gasteiger partial charge is 0.322 e. The van der Waals surface area contributed by atoms with Crippen LogP contribution in [0.1, 0.15) is 22.8 Å². The van der Waals surface area contributed by atoms with E-state index in [1.165, 1.54) is 6.92 Å². The highest BCUT2D eigenvalue weighted by molar-refractivity contribution is 8.00. The number of benzene rings is 2. The van der Waals surface area contributed by atoms with E-state index in [1.54, 1.807) is 29.8 Å². The van der Waals surface area contributed by atoms with Gasteiger partial charge >= 0.3 is 0 Å². The Balaban J connectivity index is 1.92. The van der Waals surface area contributed by atoms with Crippen molar-refractivity contribution in [2.45, 2.75) is 17.3 Å². The predicted molar refractivity (Wildman–Crippen MR) is 91.4 cm³/mol. The number of rotatable bonds is 4. The first-order chi connectivity index (χ1) is 12.3. The van der Waals surface area contributed by atoms with Crippen molar-refractivity contribution in [3.63, 3.8) is 0 Å². The Hall–Kier alpha value is -2.79. The Morgan fingerprint density at radius 1 is 1.23 bits per heavy atom. The topological polar surface area (TPSA) is 58.7 Å². The molecule has 1 heterocycles. The van der Waals surface area contributed by atoms with E-state index in [0.717, 1.165) is 17.3 Å². The quantitative estimate of drug-likeness (QED) is 0.506. The van der Waals surface area contributed by atoms with Crippen LogP contribution in [0, 0.1) is 28.8 Å². The van der Waals surface area contributed by atoms with Crippen LogP contribution >= 0.6 is 11.8 Å². The van der Waals surface area contributed by atoms with Gasteiger partial charge in [0.15, 0.2) is 10.9 Å². The number of aromatic nitrogens is 2. The van der Waals surface area contributed by atoms with Crippen LogP contribution in [0.2, 0.25) is 0 Å². The summed E-state index contributed by atoms with van der Waals surface area (Å²) >= 11 is 1.03. The van der Waals surface area contributed by atoms with Crippen molar-refractivity contribution in [1.82, 2.24) is 9.55 Å². The van der Waals surface area contributed by atoms with Gasteiger partial charge in [0.1, 0.15) is 17.5 Å². The molecule has 26 heavy (non-hydrogen) atoms. The van der Waals surface area contributed by atoms with Crippen molar-refractivity contribution < 1.29 is 18.0 Å². The van der Waals surface area contributed by atoms with Gasteiger partial charge in [0, 0.05) is 19.2 Å². The van der Waals surface area contributed by atoms with Gasteiger partial charge in [-0.3, -0.25) is 4.79 Å². The molecule has 1 atom stereocenters. The van der Waals surface area contributed by atoms with Crippen molar-refractivity contribution in [1.29, 1.82) is 5.26 Å². The summed E-state index contributed by atoms with van der Waals surface area (Å²) in [5, 5.41) is 8.56. The molecule has 132 valence electrons. The molecule has 3 rings (SSSR count). The molecular formula is C18H12F3N3OS. The van der Waals surface area contributed by atoms with Crippen molar-refractivity contribution >= 4 is 28.6 Å². The number of fused-ring (bicyclic) bond motifs is 1. The highest BCUT2D eigenvalue weighted by Gasteiger charge is 2.26. The number of halogens is 3. The zero-order chi connectivity index (χ0) is 19.0. The van der Waals surface area contributed by atoms with Gasteiger partial charge in [-0.1, -0.05) is 11.8 Å². The van der Waals surface area contributed by atoms with Crippen molar-refractivity contribution in [3.8, 4) is 6.07 Å². The minimum Gasteiger partial charge on any atom is -0.322 e. The van der Waals surface area contributed by atoms with E-state index in [-0.39, 0.29) is 0 Å². The Bertz CT molecular complexity index is 1050. The van der Waals surface area contributed by atoms with E-state index >= 15 is 0 Å². The highest BCUT2D eigenvalue weighted by Crippen LogP contribution is 2.29. The summed E-state index contributed by atoms with van der Waals surface area (Å²) in [5.74, 6) is -4.34. The van der Waals surface area contributed by atoms with Crippen LogP contribution in [-0.2, 0) is 7.05 Å². The lowest BCUT2D eigenvalue weighted by Crippen LogP contribution is -2.18. The Morgan fingerprint density at radius 2 is 1.88 bits per heavy atom. The smallest absolute Gasteiger partial charge is 0.181 e. The Morgan fingerprint density at radius 3 is 2.50 bits per heavy atom. The van der Waals surface area contributed by atoms with Gasteiger partial charge in [-0.25, -0.2) is 18.2 Å². The van der Waals surface area contributed by atoms with E-state index in [2.05, 4.69) is 4.98 Å². The normalized spacial score (nSPS) is 12.2. The molecular weight excluding hydrogens is 363 g/mol. The molecule has 0 aliphatic carbocycles. The van der Waals surface area contributed by atoms with E-state index in [9.17, 15) is 18.0 Å². The first kappa shape index (κ1) is 18.0. The maximum Gasteiger partial charge on any atom is 0.181 e. The lowest BCUT2D eigenvalue weighted by molar-refractivity contribution is 0.0985. The monoisotopic (exact) mass is 375 g/mol. The summed E-state index contributed by atoms with van der Waals surface area (Å²) in [6.45, 7) is 1.50. The SMILES string of the molecule is CC(Sc1nc2cc(C#N)ccc2n1C)C(=O)c1c(F)cc(F)cc1F. The number of nitriles is 1. The highest BCUT2D eigenvalue weighted by atomic mass is 32.2. The summed E-state index contributed by atoms with van der Waals surface area (Å²) in [6, 6.07) is 7.98. The van der Waals surface area contributed by atoms with E-state index < -0.39 is 34.0 Å². The number of imidazole rings is 1. The Labute approximate surface area is 151 Å². The minimum atomic E-state index is -1.23. The van der Waals surface area contributed by atoms with Crippen LogP contribution in [-0.4, -0.2) is 20.6 Å². The summed E-state index contributed by atoms with van der Waals surface area (Å²) in [6.07, 6.45) is 0. The number of Topliss-reactive ketones (excluding diaryl/α,β-unsaturated/α-hetero) is 1. The van der Waals surface area contributed by atoms with Crippen molar-refractivity contribution in [2.24, 2.45) is 7.05 Å². The van der Waals surface area contributed by atoms with Crippen molar-refractivity contribution in [3.05, 3.63) is 58.9 Å². The third-order valence-corrected chi connectivity index (χ3v) is 5.02. The molecule has 0 N–H and O–H groups in total. The number of thioether (sulfide) groups is 1. The fraction of sp³-hybridized carbons (Fsp3) is 0.167. The molecule has 0 aliphatic heterocycles. The maximum atomic E-state index is 13.8. The molecule has 0 saturated carbocycles. The van der Waals surface area contributed by atoms with Crippen LogP contribution < -0.4 is 0 Å². The summed E-state index contributed by atoms with van der Waals surface area (Å²) in [5.41, 5.74) is 1.02. The second kappa shape index (κ2) is 6.84. The first-order valence-electron chi connectivity index (χ1n) is 7.53. The second-order valence-electron chi connectivity index (χ2n) is 5.64. The number of nitrogens with zero attached hydrogens (tertiary/aromatic N) is 3. The molecule has 2 aromatic carbocycles. The van der Waals surface area contributed by atoms with E-state index in [4.69, 9.17) is 5.26 Å². The van der Waals surface area contributed by atoms with Gasteiger partial charge in [-0.05, 0) is 25.1 Å². The van der Waals surface area contributed by atoms with Gasteiger partial charge in [0.2, 0.25) is 0 Å². The zero-order valence-electron chi connectivity index (χ0n) is 13.8. The lowest BCUT2D eigenvalue weighted by atomic mass is 10.1. The van der Waals surface area contributed by atoms with E-state index in [0.29, 0.717) is 28.4 Å². The van der Waals surface area contributed by atoms with Crippen LogP contribution in [0.4, 0.5) is 13.2 Å². The third-order valence-electron chi connectivity index (χ3n) is 3.87. The predicted octanol–water partition coefficient (Wildman–Crippen LogP) is 4.23. The number of ketones is 1. The molecule has 0 amide bonds. The van der Waals surface area contributed by atoms with Gasteiger partial charge in [-0.2, -0.15) is 5.26 Å². The number of carbonyl (C=O) groups is 1. The van der Waals surface area contributed by atoms with Crippen LogP contribution in [0.15, 0.2) is 35.5 Å². The van der Waals surface area contributed by atoms with Gasteiger partial charge < -0.3 is 4.57 Å². The fourth-order valence-corrected chi connectivity index (χ4v) is 3.49. The average Bonchev–Trinajstić information content (AvgIpc) is 2.89. The lowest BCUT2D eigenvalue weighted by Gasteiger charge is -2.11. The third kappa shape index (κ3) is 3.18. The van der Waals surface area contributed by atoms with Crippen molar-refractivity contribution in [2.75, 3.05) is 0 Å². The second-order valence-corrected chi connectivity index (χ2v) is 6.95. The first-order valence-corrected chi connectivity index (χ1v) is 8.41. The zero-order valence-corrected chi connectivity index (χ0v) is 14.6. The molecule has 0 fully saturated rings. The summed E-state index contributed by atoms with van der Waals surface area (Å²) < 4.78 is 42.4. The molecule has 8 heteroatoms. The standard InChI is InChI=1S/C18H12F3N3OS/c1-9(17(25)16-12(20)6-11(19)7-13(16)21)26-18-23-14-5-10(8-22)3-4-15(14)24(18)2/h3-7,9H,1-2H3. The van der Waals surface area contributed by atoms with E-state index in [1.807, 2.05) is 6.07 Å². The Kier molecular flexibility index (Phi) is 4.74. The molecule has 3 aromatic rings. The number of hydrogen-bond acceptors (Lipinski definition) is 4. The minimum absolute atomic E-state index is 0.451. The maximum absolute atomic E-state index is 13.8. The molecule has 0 aliphatic rings. The van der Waals surface area contributed by atoms with Crippen LogP contribution in [0.25, 0.3) is 11.0 Å². The molecule has 1 unspecified atom stereocenters. The number of aryl methyl sites for hydroxylation is 1. The van der Waals surface area contributed by atoms with Gasteiger partial charge in [-0.15, -0.1) is 0 Å².